The Hall–Kier alpha value is -0.910. The SMILES string of the molecule is CC1CN(C)CCN1S(=O)(=O)c1ccccc1C(C)(C)C. The fraction of sp³-hybridized carbons (Fsp3) is 0.625. The molecule has 1 aliphatic heterocycles. The first kappa shape index (κ1) is 16.5. The summed E-state index contributed by atoms with van der Waals surface area (Å²) in [6.45, 7) is 10.2. The van der Waals surface area contributed by atoms with Gasteiger partial charge < -0.3 is 4.90 Å². The Kier molecular flexibility index (Phi) is 4.47. The quantitative estimate of drug-likeness (QED) is 0.841. The smallest absolute Gasteiger partial charge is 0.243 e. The average molecular weight is 310 g/mol. The molecule has 1 aromatic rings. The molecule has 1 heterocycles. The zero-order valence-electron chi connectivity index (χ0n) is 13.6. The van der Waals surface area contributed by atoms with E-state index in [1.54, 1.807) is 10.4 Å². The molecule has 4 nitrogen and oxygen atoms in total. The van der Waals surface area contributed by atoms with Gasteiger partial charge in [-0.05, 0) is 31.0 Å². The lowest BCUT2D eigenvalue weighted by molar-refractivity contribution is 0.170. The number of sulfonamides is 1. The molecule has 2 rings (SSSR count). The minimum atomic E-state index is -3.44. The summed E-state index contributed by atoms with van der Waals surface area (Å²) in [6.07, 6.45) is 0. The highest BCUT2D eigenvalue weighted by Crippen LogP contribution is 2.31. The second kappa shape index (κ2) is 5.71. The Morgan fingerprint density at radius 1 is 1.14 bits per heavy atom. The van der Waals surface area contributed by atoms with Crippen molar-refractivity contribution in [2.45, 2.75) is 44.0 Å². The van der Waals surface area contributed by atoms with Gasteiger partial charge in [0.25, 0.3) is 0 Å². The first-order valence-corrected chi connectivity index (χ1v) is 8.88. The Balaban J connectivity index is 2.46. The summed E-state index contributed by atoms with van der Waals surface area (Å²) in [5.74, 6) is 0. The maximum absolute atomic E-state index is 13.1. The molecule has 0 amide bonds. The van der Waals surface area contributed by atoms with Crippen molar-refractivity contribution in [3.05, 3.63) is 29.8 Å². The molecule has 0 radical (unpaired) electrons. The molecule has 0 spiro atoms. The molecule has 0 aromatic heterocycles. The number of piperazine rings is 1. The van der Waals surface area contributed by atoms with Crippen LogP contribution in [0.4, 0.5) is 0 Å². The van der Waals surface area contributed by atoms with E-state index >= 15 is 0 Å². The Morgan fingerprint density at radius 3 is 2.33 bits per heavy atom. The van der Waals surface area contributed by atoms with Crippen LogP contribution >= 0.6 is 0 Å². The van der Waals surface area contributed by atoms with Crippen LogP contribution in [0.5, 0.6) is 0 Å². The van der Waals surface area contributed by atoms with Gasteiger partial charge in [0, 0.05) is 25.7 Å². The Labute approximate surface area is 128 Å². The van der Waals surface area contributed by atoms with Crippen molar-refractivity contribution < 1.29 is 8.42 Å². The van der Waals surface area contributed by atoms with Gasteiger partial charge in [0.15, 0.2) is 0 Å². The summed E-state index contributed by atoms with van der Waals surface area (Å²) in [4.78, 5) is 2.63. The second-order valence-corrected chi connectivity index (χ2v) is 8.83. The van der Waals surface area contributed by atoms with Crippen molar-refractivity contribution in [1.82, 2.24) is 9.21 Å². The van der Waals surface area contributed by atoms with E-state index in [-0.39, 0.29) is 11.5 Å². The monoisotopic (exact) mass is 310 g/mol. The van der Waals surface area contributed by atoms with Gasteiger partial charge in [-0.25, -0.2) is 8.42 Å². The van der Waals surface area contributed by atoms with Crippen LogP contribution in [0.25, 0.3) is 0 Å². The zero-order valence-corrected chi connectivity index (χ0v) is 14.4. The van der Waals surface area contributed by atoms with Gasteiger partial charge in [-0.15, -0.1) is 0 Å². The van der Waals surface area contributed by atoms with E-state index in [0.717, 1.165) is 18.7 Å². The summed E-state index contributed by atoms with van der Waals surface area (Å²) >= 11 is 0. The minimum Gasteiger partial charge on any atom is -0.303 e. The molecule has 118 valence electrons. The van der Waals surface area contributed by atoms with Crippen LogP contribution in [0.2, 0.25) is 0 Å². The minimum absolute atomic E-state index is 0.00164. The second-order valence-electron chi connectivity index (χ2n) is 6.97. The number of rotatable bonds is 2. The van der Waals surface area contributed by atoms with E-state index in [1.807, 2.05) is 32.2 Å². The van der Waals surface area contributed by atoms with Crippen LogP contribution in [-0.2, 0) is 15.4 Å². The predicted molar refractivity (Wildman–Crippen MR) is 86.0 cm³/mol. The fourth-order valence-electron chi connectivity index (χ4n) is 2.92. The number of likely N-dealkylation sites (N-methyl/N-ethyl adjacent to an activating group) is 1. The summed E-state index contributed by atoms with van der Waals surface area (Å²) in [7, 11) is -1.41. The van der Waals surface area contributed by atoms with Crippen LogP contribution in [0.3, 0.4) is 0 Å². The average Bonchev–Trinajstić information content (AvgIpc) is 2.37. The molecule has 1 unspecified atom stereocenters. The third-order valence-corrected chi connectivity index (χ3v) is 6.12. The van der Waals surface area contributed by atoms with Crippen LogP contribution in [0.15, 0.2) is 29.2 Å². The fourth-order valence-corrected chi connectivity index (χ4v) is 4.94. The molecule has 1 aliphatic rings. The van der Waals surface area contributed by atoms with E-state index in [4.69, 9.17) is 0 Å². The lowest BCUT2D eigenvalue weighted by Gasteiger charge is -2.38. The highest BCUT2D eigenvalue weighted by atomic mass is 32.2. The molecule has 1 atom stereocenters. The van der Waals surface area contributed by atoms with Crippen molar-refractivity contribution >= 4 is 10.0 Å². The summed E-state index contributed by atoms with van der Waals surface area (Å²) in [6, 6.07) is 7.38. The molecule has 1 fully saturated rings. The van der Waals surface area contributed by atoms with Gasteiger partial charge >= 0.3 is 0 Å². The third-order valence-electron chi connectivity index (χ3n) is 4.05. The molecule has 0 N–H and O–H groups in total. The molecule has 21 heavy (non-hydrogen) atoms. The standard InChI is InChI=1S/C16H26N2O2S/c1-13-12-17(5)10-11-18(13)21(19,20)15-9-7-6-8-14(15)16(2,3)4/h6-9,13H,10-12H2,1-5H3. The molecule has 1 saturated heterocycles. The van der Waals surface area contributed by atoms with Crippen LogP contribution in [0.1, 0.15) is 33.3 Å². The van der Waals surface area contributed by atoms with Gasteiger partial charge in [0.1, 0.15) is 0 Å². The van der Waals surface area contributed by atoms with Gasteiger partial charge in [0.2, 0.25) is 10.0 Å². The van der Waals surface area contributed by atoms with Crippen molar-refractivity contribution in [2.75, 3.05) is 26.7 Å². The van der Waals surface area contributed by atoms with Gasteiger partial charge in [-0.1, -0.05) is 39.0 Å². The first-order valence-electron chi connectivity index (χ1n) is 7.44. The maximum Gasteiger partial charge on any atom is 0.243 e. The van der Waals surface area contributed by atoms with Gasteiger partial charge in [0.05, 0.1) is 4.90 Å². The largest absolute Gasteiger partial charge is 0.303 e. The van der Waals surface area contributed by atoms with E-state index in [1.165, 1.54) is 0 Å². The Morgan fingerprint density at radius 2 is 1.76 bits per heavy atom. The Bertz CT molecular complexity index is 605. The molecule has 5 heteroatoms. The molecule has 1 aromatic carbocycles. The number of benzene rings is 1. The zero-order chi connectivity index (χ0) is 15.8. The summed E-state index contributed by atoms with van der Waals surface area (Å²) in [5, 5.41) is 0. The van der Waals surface area contributed by atoms with Crippen molar-refractivity contribution in [3.8, 4) is 0 Å². The number of hydrogen-bond donors (Lipinski definition) is 0. The molecule has 0 saturated carbocycles. The highest BCUT2D eigenvalue weighted by Gasteiger charge is 2.35. The molecular weight excluding hydrogens is 284 g/mol. The van der Waals surface area contributed by atoms with Crippen LogP contribution in [0, 0.1) is 0 Å². The lowest BCUT2D eigenvalue weighted by Crippen LogP contribution is -2.52. The van der Waals surface area contributed by atoms with E-state index in [2.05, 4.69) is 25.7 Å². The van der Waals surface area contributed by atoms with Crippen molar-refractivity contribution in [2.24, 2.45) is 0 Å². The van der Waals surface area contributed by atoms with Crippen LogP contribution < -0.4 is 0 Å². The van der Waals surface area contributed by atoms with E-state index in [9.17, 15) is 8.42 Å². The van der Waals surface area contributed by atoms with Gasteiger partial charge in [-0.3, -0.25) is 0 Å². The predicted octanol–water partition coefficient (Wildman–Crippen LogP) is 2.31. The normalized spacial score (nSPS) is 22.4. The molecule has 0 bridgehead atoms. The third kappa shape index (κ3) is 3.30. The van der Waals surface area contributed by atoms with Crippen molar-refractivity contribution in [3.63, 3.8) is 0 Å². The van der Waals surface area contributed by atoms with Gasteiger partial charge in [-0.2, -0.15) is 4.31 Å². The number of hydrogen-bond acceptors (Lipinski definition) is 3. The van der Waals surface area contributed by atoms with Crippen LogP contribution in [-0.4, -0.2) is 50.3 Å². The maximum atomic E-state index is 13.1. The topological polar surface area (TPSA) is 40.6 Å². The highest BCUT2D eigenvalue weighted by molar-refractivity contribution is 7.89. The summed E-state index contributed by atoms with van der Waals surface area (Å²) in [5.41, 5.74) is 0.690. The molecular formula is C16H26N2O2S. The number of nitrogens with zero attached hydrogens (tertiary/aromatic N) is 2. The lowest BCUT2D eigenvalue weighted by atomic mass is 9.87. The van der Waals surface area contributed by atoms with Crippen molar-refractivity contribution in [1.29, 1.82) is 0 Å². The van der Waals surface area contributed by atoms with E-state index in [0.29, 0.717) is 11.4 Å². The first-order chi connectivity index (χ1) is 9.64. The van der Waals surface area contributed by atoms with E-state index < -0.39 is 10.0 Å². The summed E-state index contributed by atoms with van der Waals surface area (Å²) < 4.78 is 27.8. The molecule has 0 aliphatic carbocycles.